The summed E-state index contributed by atoms with van der Waals surface area (Å²) < 4.78 is 17.9. The van der Waals surface area contributed by atoms with E-state index in [2.05, 4.69) is 31.0 Å². The van der Waals surface area contributed by atoms with E-state index < -0.39 is 5.97 Å². The monoisotopic (exact) mass is 256 g/mol. The van der Waals surface area contributed by atoms with Crippen LogP contribution in [0.2, 0.25) is 0 Å². The molecular weight excluding hydrogens is 232 g/mol. The molecule has 104 valence electrons. The van der Waals surface area contributed by atoms with Crippen molar-refractivity contribution in [3.63, 3.8) is 0 Å². The molecule has 0 radical (unpaired) electrons. The third-order valence-electron chi connectivity index (χ3n) is 4.49. The molecule has 0 aliphatic carbocycles. The van der Waals surface area contributed by atoms with Gasteiger partial charge in [-0.15, -0.1) is 0 Å². The minimum atomic E-state index is -0.887. The van der Waals surface area contributed by atoms with Gasteiger partial charge in [0.25, 0.3) is 0 Å². The lowest BCUT2D eigenvalue weighted by Crippen LogP contribution is -2.73. The van der Waals surface area contributed by atoms with Gasteiger partial charge in [0, 0.05) is 31.6 Å². The molecule has 5 heteroatoms. The van der Waals surface area contributed by atoms with Gasteiger partial charge in [-0.25, -0.2) is 0 Å². The van der Waals surface area contributed by atoms with Crippen LogP contribution in [0.4, 0.5) is 0 Å². The minimum Gasteiger partial charge on any atom is -0.325 e. The number of piperazine rings is 1. The van der Waals surface area contributed by atoms with Crippen molar-refractivity contribution in [2.24, 2.45) is 5.41 Å². The molecule has 4 aliphatic rings. The Kier molecular flexibility index (Phi) is 2.95. The van der Waals surface area contributed by atoms with Crippen molar-refractivity contribution in [2.75, 3.05) is 46.0 Å². The molecule has 4 rings (SSSR count). The maximum atomic E-state index is 5.98. The fraction of sp³-hybridized carbons (Fsp3) is 1.00. The normalized spacial score (nSPS) is 42.2. The molecule has 0 aromatic rings. The molecule has 4 saturated heterocycles. The molecule has 4 heterocycles. The molecule has 2 bridgehead atoms. The Hall–Kier alpha value is -0.200. The molecule has 4 aliphatic heterocycles. The highest BCUT2D eigenvalue weighted by molar-refractivity contribution is 4.99. The molecule has 0 amide bonds. The highest BCUT2D eigenvalue weighted by atomic mass is 16.9. The van der Waals surface area contributed by atoms with Crippen LogP contribution in [0.1, 0.15) is 20.8 Å². The van der Waals surface area contributed by atoms with Crippen molar-refractivity contribution >= 4 is 0 Å². The summed E-state index contributed by atoms with van der Waals surface area (Å²) in [5, 5.41) is 3.37. The van der Waals surface area contributed by atoms with E-state index in [1.807, 2.05) is 0 Å². The van der Waals surface area contributed by atoms with Crippen molar-refractivity contribution < 1.29 is 14.2 Å². The molecule has 4 fully saturated rings. The Morgan fingerprint density at radius 2 is 1.50 bits per heavy atom. The first kappa shape index (κ1) is 12.8. The van der Waals surface area contributed by atoms with E-state index in [0.717, 1.165) is 46.0 Å². The lowest BCUT2D eigenvalue weighted by atomic mass is 9.88. The van der Waals surface area contributed by atoms with Crippen molar-refractivity contribution in [1.29, 1.82) is 0 Å². The average Bonchev–Trinajstić information content (AvgIpc) is 2.41. The highest BCUT2D eigenvalue weighted by Gasteiger charge is 2.60. The second-order valence-electron chi connectivity index (χ2n) is 6.53. The number of fused-ring (bicyclic) bond motifs is 3. The zero-order valence-electron chi connectivity index (χ0n) is 11.6. The van der Waals surface area contributed by atoms with Crippen molar-refractivity contribution in [3.8, 4) is 0 Å². The molecule has 18 heavy (non-hydrogen) atoms. The summed E-state index contributed by atoms with van der Waals surface area (Å²) in [5.41, 5.74) is -0.238. The number of hydrogen-bond donors (Lipinski definition) is 1. The SMILES string of the molecule is CC12COC(C(C)(C)N3CCNCC3)(OC1)OC2. The van der Waals surface area contributed by atoms with E-state index in [9.17, 15) is 0 Å². The zero-order valence-corrected chi connectivity index (χ0v) is 11.6. The number of hydrogen-bond acceptors (Lipinski definition) is 5. The van der Waals surface area contributed by atoms with Crippen molar-refractivity contribution in [1.82, 2.24) is 10.2 Å². The van der Waals surface area contributed by atoms with Crippen LogP contribution in [0.3, 0.4) is 0 Å². The molecular formula is C13H24N2O3. The number of rotatable bonds is 2. The fourth-order valence-electron chi connectivity index (χ4n) is 3.01. The molecule has 1 N–H and O–H groups in total. The molecule has 5 nitrogen and oxygen atoms in total. The van der Waals surface area contributed by atoms with Crippen LogP contribution < -0.4 is 5.32 Å². The topological polar surface area (TPSA) is 43.0 Å². The number of nitrogens with zero attached hydrogens (tertiary/aromatic N) is 1. The number of nitrogens with one attached hydrogen (secondary N) is 1. The van der Waals surface area contributed by atoms with Crippen LogP contribution in [-0.2, 0) is 14.2 Å². The van der Waals surface area contributed by atoms with E-state index in [1.165, 1.54) is 0 Å². The van der Waals surface area contributed by atoms with Gasteiger partial charge < -0.3 is 19.5 Å². The average molecular weight is 256 g/mol. The molecule has 0 aromatic carbocycles. The second kappa shape index (κ2) is 4.15. The van der Waals surface area contributed by atoms with Gasteiger partial charge in [0.2, 0.25) is 0 Å². The van der Waals surface area contributed by atoms with Crippen LogP contribution in [0.15, 0.2) is 0 Å². The smallest absolute Gasteiger partial charge is 0.302 e. The Morgan fingerprint density at radius 1 is 1.00 bits per heavy atom. The van der Waals surface area contributed by atoms with Crippen LogP contribution in [0, 0.1) is 5.41 Å². The Balaban J connectivity index is 1.80. The minimum absolute atomic E-state index is 0.0291. The van der Waals surface area contributed by atoms with Crippen molar-refractivity contribution in [3.05, 3.63) is 0 Å². The van der Waals surface area contributed by atoms with E-state index in [4.69, 9.17) is 14.2 Å². The van der Waals surface area contributed by atoms with Gasteiger partial charge in [0.15, 0.2) is 0 Å². The second-order valence-corrected chi connectivity index (χ2v) is 6.53. The van der Waals surface area contributed by atoms with E-state index in [0.29, 0.717) is 0 Å². The predicted octanol–water partition coefficient (Wildman–Crippen LogP) is 0.407. The fourth-order valence-corrected chi connectivity index (χ4v) is 3.01. The van der Waals surface area contributed by atoms with Crippen LogP contribution in [-0.4, -0.2) is 62.4 Å². The van der Waals surface area contributed by atoms with Gasteiger partial charge in [-0.2, -0.15) is 0 Å². The summed E-state index contributed by atoms with van der Waals surface area (Å²) in [6.07, 6.45) is 0. The Bertz CT molecular complexity index is 302. The third kappa shape index (κ3) is 1.80. The molecule has 0 spiro atoms. The molecule has 0 aromatic heterocycles. The van der Waals surface area contributed by atoms with Crippen LogP contribution in [0.5, 0.6) is 0 Å². The standard InChI is InChI=1S/C13H24N2O3/c1-11(2,15-6-4-14-5-7-15)13-16-8-12(3,9-17-13)10-18-13/h14H,4-10H2,1-3H3. The first-order valence-corrected chi connectivity index (χ1v) is 6.85. The molecule has 0 atom stereocenters. The van der Waals surface area contributed by atoms with Crippen LogP contribution >= 0.6 is 0 Å². The van der Waals surface area contributed by atoms with Gasteiger partial charge >= 0.3 is 5.97 Å². The number of ether oxygens (including phenoxy) is 3. The van der Waals surface area contributed by atoms with E-state index >= 15 is 0 Å². The van der Waals surface area contributed by atoms with Gasteiger partial charge in [-0.3, -0.25) is 4.90 Å². The Morgan fingerprint density at radius 3 is 2.00 bits per heavy atom. The maximum Gasteiger partial charge on any atom is 0.302 e. The lowest BCUT2D eigenvalue weighted by Gasteiger charge is -2.59. The zero-order chi connectivity index (χ0) is 12.9. The summed E-state index contributed by atoms with van der Waals surface area (Å²) in [5.74, 6) is -0.887. The molecule has 0 unspecified atom stereocenters. The quantitative estimate of drug-likeness (QED) is 0.775. The highest BCUT2D eigenvalue weighted by Crippen LogP contribution is 2.45. The van der Waals surface area contributed by atoms with E-state index in [-0.39, 0.29) is 11.0 Å². The third-order valence-corrected chi connectivity index (χ3v) is 4.49. The van der Waals surface area contributed by atoms with Gasteiger partial charge in [-0.05, 0) is 13.8 Å². The first-order valence-electron chi connectivity index (χ1n) is 6.85. The Labute approximate surface area is 109 Å². The summed E-state index contributed by atoms with van der Waals surface area (Å²) in [4.78, 5) is 2.40. The van der Waals surface area contributed by atoms with Crippen molar-refractivity contribution in [2.45, 2.75) is 32.3 Å². The van der Waals surface area contributed by atoms with Gasteiger partial charge in [-0.1, -0.05) is 6.92 Å². The summed E-state index contributed by atoms with van der Waals surface area (Å²) in [7, 11) is 0. The summed E-state index contributed by atoms with van der Waals surface area (Å²) in [6.45, 7) is 12.7. The van der Waals surface area contributed by atoms with Gasteiger partial charge in [0.05, 0.1) is 25.4 Å². The van der Waals surface area contributed by atoms with Crippen LogP contribution in [0.25, 0.3) is 0 Å². The summed E-state index contributed by atoms with van der Waals surface area (Å²) >= 11 is 0. The predicted molar refractivity (Wildman–Crippen MR) is 67.2 cm³/mol. The van der Waals surface area contributed by atoms with Gasteiger partial charge in [0.1, 0.15) is 0 Å². The lowest BCUT2D eigenvalue weighted by molar-refractivity contribution is -0.496. The molecule has 0 saturated carbocycles. The maximum absolute atomic E-state index is 5.98. The largest absolute Gasteiger partial charge is 0.325 e. The summed E-state index contributed by atoms with van der Waals surface area (Å²) in [6, 6.07) is 0. The van der Waals surface area contributed by atoms with E-state index in [1.54, 1.807) is 0 Å². The first-order chi connectivity index (χ1) is 8.48.